The van der Waals surface area contributed by atoms with E-state index in [0.717, 1.165) is 22.3 Å². The molecular formula is C24H26N2O3S. The molecule has 6 heteroatoms. The van der Waals surface area contributed by atoms with Crippen molar-refractivity contribution in [2.75, 3.05) is 0 Å². The molecule has 0 aliphatic rings. The molecule has 1 amide bonds. The summed E-state index contributed by atoms with van der Waals surface area (Å²) in [5.41, 5.74) is 4.30. The van der Waals surface area contributed by atoms with Gasteiger partial charge in [-0.1, -0.05) is 48.5 Å². The Labute approximate surface area is 178 Å². The zero-order valence-electron chi connectivity index (χ0n) is 17.3. The van der Waals surface area contributed by atoms with Crippen molar-refractivity contribution in [3.63, 3.8) is 0 Å². The highest BCUT2D eigenvalue weighted by atomic mass is 32.2. The minimum Gasteiger partial charge on any atom is -0.346 e. The van der Waals surface area contributed by atoms with Gasteiger partial charge in [0.15, 0.2) is 0 Å². The molecule has 3 aromatic rings. The summed E-state index contributed by atoms with van der Waals surface area (Å²) in [6, 6.07) is 21.6. The van der Waals surface area contributed by atoms with Gasteiger partial charge in [0, 0.05) is 12.1 Å². The molecule has 0 fully saturated rings. The number of hydrogen-bond acceptors (Lipinski definition) is 3. The maximum atomic E-state index is 12.5. The zero-order valence-corrected chi connectivity index (χ0v) is 18.2. The monoisotopic (exact) mass is 422 g/mol. The summed E-state index contributed by atoms with van der Waals surface area (Å²) in [7, 11) is -3.60. The first-order valence-electron chi connectivity index (χ1n) is 9.78. The molecule has 0 aliphatic heterocycles. The fourth-order valence-corrected chi connectivity index (χ4v) is 4.12. The molecule has 0 spiro atoms. The standard InChI is InChI=1S/C24H26N2O3S/c1-17-9-14-23(15-18(17)2)30(28,29)25-16-20-10-12-22(13-11-20)24(27)26-19(3)21-7-5-4-6-8-21/h4-15,19,25H,16H2,1-3H3,(H,26,27)/t19-/m1/s1. The summed E-state index contributed by atoms with van der Waals surface area (Å²) >= 11 is 0. The molecule has 5 nitrogen and oxygen atoms in total. The predicted octanol–water partition coefficient (Wildman–Crippen LogP) is 4.27. The minimum absolute atomic E-state index is 0.108. The van der Waals surface area contributed by atoms with Gasteiger partial charge in [-0.25, -0.2) is 13.1 Å². The van der Waals surface area contributed by atoms with Crippen LogP contribution in [0.2, 0.25) is 0 Å². The first-order chi connectivity index (χ1) is 14.3. The summed E-state index contributed by atoms with van der Waals surface area (Å²) < 4.78 is 27.7. The molecule has 0 saturated carbocycles. The van der Waals surface area contributed by atoms with Gasteiger partial charge >= 0.3 is 0 Å². The van der Waals surface area contributed by atoms with Crippen LogP contribution in [0.1, 0.15) is 45.6 Å². The molecule has 0 aliphatic carbocycles. The highest BCUT2D eigenvalue weighted by Crippen LogP contribution is 2.16. The van der Waals surface area contributed by atoms with Crippen molar-refractivity contribution in [1.29, 1.82) is 0 Å². The van der Waals surface area contributed by atoms with Crippen LogP contribution in [-0.4, -0.2) is 14.3 Å². The molecule has 30 heavy (non-hydrogen) atoms. The van der Waals surface area contributed by atoms with E-state index in [1.54, 1.807) is 42.5 Å². The normalized spacial score (nSPS) is 12.4. The van der Waals surface area contributed by atoms with Gasteiger partial charge in [0.1, 0.15) is 0 Å². The van der Waals surface area contributed by atoms with E-state index in [4.69, 9.17) is 0 Å². The lowest BCUT2D eigenvalue weighted by Crippen LogP contribution is -2.26. The molecule has 0 aromatic heterocycles. The summed E-state index contributed by atoms with van der Waals surface area (Å²) in [5, 5.41) is 2.97. The number of benzene rings is 3. The zero-order chi connectivity index (χ0) is 21.7. The Morgan fingerprint density at radius 1 is 0.900 bits per heavy atom. The molecule has 0 heterocycles. The molecule has 0 saturated heterocycles. The van der Waals surface area contributed by atoms with E-state index in [2.05, 4.69) is 10.0 Å². The van der Waals surface area contributed by atoms with Gasteiger partial charge in [0.25, 0.3) is 5.91 Å². The van der Waals surface area contributed by atoms with Gasteiger partial charge in [-0.05, 0) is 67.3 Å². The molecule has 1 atom stereocenters. The number of carbonyl (C=O) groups is 1. The smallest absolute Gasteiger partial charge is 0.251 e. The van der Waals surface area contributed by atoms with Crippen LogP contribution in [0.15, 0.2) is 77.7 Å². The SMILES string of the molecule is Cc1ccc(S(=O)(=O)NCc2ccc(C(=O)N[C@H](C)c3ccccc3)cc2)cc1C. The topological polar surface area (TPSA) is 75.3 Å². The Morgan fingerprint density at radius 3 is 2.20 bits per heavy atom. The van der Waals surface area contributed by atoms with Gasteiger partial charge in [0.05, 0.1) is 10.9 Å². The first-order valence-corrected chi connectivity index (χ1v) is 11.3. The molecule has 3 rings (SSSR count). The molecule has 0 unspecified atom stereocenters. The maximum absolute atomic E-state index is 12.5. The van der Waals surface area contributed by atoms with E-state index in [1.165, 1.54) is 0 Å². The Kier molecular flexibility index (Phi) is 6.70. The largest absolute Gasteiger partial charge is 0.346 e. The van der Waals surface area contributed by atoms with E-state index in [0.29, 0.717) is 5.56 Å². The average Bonchev–Trinajstić information content (AvgIpc) is 2.75. The average molecular weight is 423 g/mol. The van der Waals surface area contributed by atoms with Gasteiger partial charge in [-0.2, -0.15) is 0 Å². The Morgan fingerprint density at radius 2 is 1.57 bits per heavy atom. The van der Waals surface area contributed by atoms with Crippen molar-refractivity contribution in [3.8, 4) is 0 Å². The Hall–Kier alpha value is -2.96. The lowest BCUT2D eigenvalue weighted by Gasteiger charge is -2.14. The van der Waals surface area contributed by atoms with Crippen LogP contribution >= 0.6 is 0 Å². The fourth-order valence-electron chi connectivity index (χ4n) is 3.02. The second-order valence-electron chi connectivity index (χ2n) is 7.37. The highest BCUT2D eigenvalue weighted by Gasteiger charge is 2.15. The van der Waals surface area contributed by atoms with E-state index < -0.39 is 10.0 Å². The second-order valence-corrected chi connectivity index (χ2v) is 9.14. The van der Waals surface area contributed by atoms with Crippen LogP contribution in [0.5, 0.6) is 0 Å². The number of nitrogens with one attached hydrogen (secondary N) is 2. The van der Waals surface area contributed by atoms with Crippen LogP contribution in [0, 0.1) is 13.8 Å². The number of carbonyl (C=O) groups excluding carboxylic acids is 1. The highest BCUT2D eigenvalue weighted by molar-refractivity contribution is 7.89. The quantitative estimate of drug-likeness (QED) is 0.597. The van der Waals surface area contributed by atoms with Crippen LogP contribution in [0.3, 0.4) is 0 Å². The van der Waals surface area contributed by atoms with E-state index >= 15 is 0 Å². The molecule has 0 bridgehead atoms. The van der Waals surface area contributed by atoms with Crippen molar-refractivity contribution in [3.05, 3.63) is 101 Å². The molecule has 3 aromatic carbocycles. The van der Waals surface area contributed by atoms with E-state index in [-0.39, 0.29) is 23.4 Å². The number of aryl methyl sites for hydroxylation is 2. The molecule has 2 N–H and O–H groups in total. The van der Waals surface area contributed by atoms with Gasteiger partial charge < -0.3 is 5.32 Å². The first kappa shape index (κ1) is 21.7. The molecular weight excluding hydrogens is 396 g/mol. The van der Waals surface area contributed by atoms with E-state index in [1.807, 2.05) is 51.1 Å². The van der Waals surface area contributed by atoms with Crippen molar-refractivity contribution in [2.45, 2.75) is 38.3 Å². The lowest BCUT2D eigenvalue weighted by atomic mass is 10.1. The second kappa shape index (κ2) is 9.24. The summed E-state index contributed by atoms with van der Waals surface area (Å²) in [6.07, 6.45) is 0. The third kappa shape index (κ3) is 5.34. The van der Waals surface area contributed by atoms with E-state index in [9.17, 15) is 13.2 Å². The van der Waals surface area contributed by atoms with Gasteiger partial charge in [-0.15, -0.1) is 0 Å². The van der Waals surface area contributed by atoms with Crippen LogP contribution in [0.25, 0.3) is 0 Å². The third-order valence-corrected chi connectivity index (χ3v) is 6.52. The van der Waals surface area contributed by atoms with Gasteiger partial charge in [0.2, 0.25) is 10.0 Å². The Balaban J connectivity index is 1.61. The fraction of sp³-hybridized carbons (Fsp3) is 0.208. The van der Waals surface area contributed by atoms with Crippen LogP contribution in [-0.2, 0) is 16.6 Å². The van der Waals surface area contributed by atoms with Crippen molar-refractivity contribution in [1.82, 2.24) is 10.0 Å². The lowest BCUT2D eigenvalue weighted by molar-refractivity contribution is 0.0940. The van der Waals surface area contributed by atoms with Crippen molar-refractivity contribution in [2.24, 2.45) is 0 Å². The third-order valence-electron chi connectivity index (χ3n) is 5.12. The summed E-state index contributed by atoms with van der Waals surface area (Å²) in [5.74, 6) is -0.173. The van der Waals surface area contributed by atoms with Gasteiger partial charge in [-0.3, -0.25) is 4.79 Å². The summed E-state index contributed by atoms with van der Waals surface area (Å²) in [6.45, 7) is 5.91. The molecule has 0 radical (unpaired) electrons. The number of sulfonamides is 1. The number of hydrogen-bond donors (Lipinski definition) is 2. The predicted molar refractivity (Wildman–Crippen MR) is 119 cm³/mol. The van der Waals surface area contributed by atoms with Crippen LogP contribution in [0.4, 0.5) is 0 Å². The van der Waals surface area contributed by atoms with Crippen LogP contribution < -0.4 is 10.0 Å². The minimum atomic E-state index is -3.60. The van der Waals surface area contributed by atoms with Crippen molar-refractivity contribution >= 4 is 15.9 Å². The van der Waals surface area contributed by atoms with Crippen molar-refractivity contribution < 1.29 is 13.2 Å². The molecule has 156 valence electrons. The summed E-state index contributed by atoms with van der Waals surface area (Å²) in [4.78, 5) is 12.7. The Bertz CT molecular complexity index is 1120. The number of amides is 1. The maximum Gasteiger partial charge on any atom is 0.251 e. The number of rotatable bonds is 7.